The number of likely N-dealkylation sites (N-methyl/N-ethyl adjacent to an activating group) is 1. The van der Waals surface area contributed by atoms with Gasteiger partial charge in [-0.25, -0.2) is 14.4 Å². The van der Waals surface area contributed by atoms with Gasteiger partial charge in [-0.2, -0.15) is 15.0 Å². The standard InChI is InChI=1S/C22H29FN10O/c1-3-33-10-4-5-16(33)13-27-21-30-20(26-12-15-8-9-25-19(24)28-15)31-22(32-21)29-14-6-7-18(34-2)17(23)11-14/h6-9,11,16H,3-5,10,12-13H2,1-2H3,(H2,24,25,28)(H3,26,27,29,30,31,32). The van der Waals surface area contributed by atoms with Crippen molar-refractivity contribution in [2.45, 2.75) is 32.4 Å². The molecule has 3 heterocycles. The number of nitrogen functional groups attached to an aromatic ring is 1. The summed E-state index contributed by atoms with van der Waals surface area (Å²) in [5, 5.41) is 9.51. The first-order valence-electron chi connectivity index (χ1n) is 11.2. The molecule has 1 atom stereocenters. The number of aromatic nitrogens is 5. The summed E-state index contributed by atoms with van der Waals surface area (Å²) in [5.41, 5.74) is 6.84. The van der Waals surface area contributed by atoms with Crippen LogP contribution >= 0.6 is 0 Å². The van der Waals surface area contributed by atoms with Crippen molar-refractivity contribution in [3.8, 4) is 5.75 Å². The van der Waals surface area contributed by atoms with Gasteiger partial charge in [0.2, 0.25) is 23.8 Å². The van der Waals surface area contributed by atoms with Crippen molar-refractivity contribution in [3.05, 3.63) is 42.0 Å². The second-order valence-electron chi connectivity index (χ2n) is 7.85. The number of benzene rings is 1. The highest BCUT2D eigenvalue weighted by Gasteiger charge is 2.23. The summed E-state index contributed by atoms with van der Waals surface area (Å²) in [4.78, 5) is 23.9. The van der Waals surface area contributed by atoms with Crippen LogP contribution in [0.2, 0.25) is 0 Å². The Balaban J connectivity index is 1.52. The third-order valence-electron chi connectivity index (χ3n) is 5.60. The molecule has 2 aromatic heterocycles. The van der Waals surface area contributed by atoms with E-state index in [1.165, 1.54) is 25.7 Å². The smallest absolute Gasteiger partial charge is 0.233 e. The van der Waals surface area contributed by atoms with Crippen LogP contribution in [0.1, 0.15) is 25.5 Å². The number of nitrogens with one attached hydrogen (secondary N) is 3. The predicted molar refractivity (Wildman–Crippen MR) is 129 cm³/mol. The lowest BCUT2D eigenvalue weighted by Crippen LogP contribution is -2.35. The van der Waals surface area contributed by atoms with Crippen molar-refractivity contribution >= 4 is 29.5 Å². The second kappa shape index (κ2) is 10.9. The van der Waals surface area contributed by atoms with Crippen LogP contribution in [0.25, 0.3) is 0 Å². The van der Waals surface area contributed by atoms with Gasteiger partial charge in [-0.15, -0.1) is 0 Å². The number of hydrogen-bond acceptors (Lipinski definition) is 11. The number of methoxy groups -OCH3 is 1. The quantitative estimate of drug-likeness (QED) is 0.349. The van der Waals surface area contributed by atoms with Crippen molar-refractivity contribution in [1.82, 2.24) is 29.8 Å². The normalized spacial score (nSPS) is 15.8. The average Bonchev–Trinajstić information content (AvgIpc) is 3.29. The van der Waals surface area contributed by atoms with Crippen LogP contribution < -0.4 is 26.4 Å². The number of hydrogen-bond donors (Lipinski definition) is 4. The number of ether oxygens (including phenoxy) is 1. The number of rotatable bonds is 10. The highest BCUT2D eigenvalue weighted by atomic mass is 19.1. The molecule has 0 spiro atoms. The Morgan fingerprint density at radius 2 is 1.91 bits per heavy atom. The van der Waals surface area contributed by atoms with E-state index in [0.717, 1.165) is 26.1 Å². The Morgan fingerprint density at radius 3 is 2.65 bits per heavy atom. The molecular formula is C22H29FN10O. The molecule has 1 saturated heterocycles. The molecule has 3 aromatic rings. The topological polar surface area (TPSA) is 139 Å². The molecule has 0 radical (unpaired) electrons. The zero-order chi connectivity index (χ0) is 23.9. The average molecular weight is 469 g/mol. The minimum Gasteiger partial charge on any atom is -0.494 e. The van der Waals surface area contributed by atoms with Crippen LogP contribution in [-0.4, -0.2) is 62.6 Å². The molecule has 1 aliphatic rings. The largest absolute Gasteiger partial charge is 0.494 e. The second-order valence-corrected chi connectivity index (χ2v) is 7.85. The fourth-order valence-corrected chi connectivity index (χ4v) is 3.90. The van der Waals surface area contributed by atoms with Crippen molar-refractivity contribution in [2.24, 2.45) is 0 Å². The fourth-order valence-electron chi connectivity index (χ4n) is 3.90. The fraction of sp³-hybridized carbons (Fsp3) is 0.409. The van der Waals surface area contributed by atoms with Gasteiger partial charge in [-0.3, -0.25) is 4.90 Å². The maximum atomic E-state index is 14.1. The van der Waals surface area contributed by atoms with Crippen molar-refractivity contribution in [2.75, 3.05) is 48.4 Å². The first kappa shape index (κ1) is 23.4. The van der Waals surface area contributed by atoms with Crippen molar-refractivity contribution < 1.29 is 9.13 Å². The highest BCUT2D eigenvalue weighted by Crippen LogP contribution is 2.23. The Kier molecular flexibility index (Phi) is 7.48. The van der Waals surface area contributed by atoms with Gasteiger partial charge < -0.3 is 26.4 Å². The summed E-state index contributed by atoms with van der Waals surface area (Å²) in [6, 6.07) is 6.73. The summed E-state index contributed by atoms with van der Waals surface area (Å²) in [5.74, 6) is 0.889. The molecule has 180 valence electrons. The van der Waals surface area contributed by atoms with E-state index in [9.17, 15) is 4.39 Å². The Labute approximate surface area is 197 Å². The molecule has 1 fully saturated rings. The molecule has 4 rings (SSSR count). The maximum Gasteiger partial charge on any atom is 0.233 e. The molecule has 5 N–H and O–H groups in total. The van der Waals surface area contributed by atoms with Gasteiger partial charge in [-0.05, 0) is 44.1 Å². The van der Waals surface area contributed by atoms with E-state index >= 15 is 0 Å². The molecule has 0 saturated carbocycles. The molecule has 1 unspecified atom stereocenters. The first-order valence-corrected chi connectivity index (χ1v) is 11.2. The molecule has 12 heteroatoms. The van der Waals surface area contributed by atoms with Crippen LogP contribution in [0.5, 0.6) is 5.75 Å². The summed E-state index contributed by atoms with van der Waals surface area (Å²) >= 11 is 0. The lowest BCUT2D eigenvalue weighted by Gasteiger charge is -2.23. The highest BCUT2D eigenvalue weighted by molar-refractivity contribution is 5.57. The predicted octanol–water partition coefficient (Wildman–Crippen LogP) is 2.64. The number of likely N-dealkylation sites (tertiary alicyclic amines) is 1. The van der Waals surface area contributed by atoms with Gasteiger partial charge in [0, 0.05) is 30.5 Å². The van der Waals surface area contributed by atoms with Gasteiger partial charge >= 0.3 is 0 Å². The Morgan fingerprint density at radius 1 is 1.12 bits per heavy atom. The van der Waals surface area contributed by atoms with Crippen molar-refractivity contribution in [3.63, 3.8) is 0 Å². The monoisotopic (exact) mass is 468 g/mol. The summed E-state index contributed by atoms with van der Waals surface area (Å²) in [6.07, 6.45) is 3.90. The minimum absolute atomic E-state index is 0.159. The molecular weight excluding hydrogens is 439 g/mol. The van der Waals surface area contributed by atoms with E-state index in [1.807, 2.05) is 0 Å². The summed E-state index contributed by atoms with van der Waals surface area (Å²) < 4.78 is 19.1. The van der Waals surface area contributed by atoms with Crippen LogP contribution in [-0.2, 0) is 6.54 Å². The molecule has 11 nitrogen and oxygen atoms in total. The molecule has 0 aliphatic carbocycles. The van der Waals surface area contributed by atoms with Gasteiger partial charge in [0.25, 0.3) is 0 Å². The van der Waals surface area contributed by atoms with E-state index < -0.39 is 5.82 Å². The first-order chi connectivity index (χ1) is 16.5. The van der Waals surface area contributed by atoms with Gasteiger partial charge in [0.05, 0.1) is 19.3 Å². The number of halogens is 1. The lowest BCUT2D eigenvalue weighted by atomic mass is 10.2. The summed E-state index contributed by atoms with van der Waals surface area (Å²) in [7, 11) is 1.42. The SMILES string of the molecule is CCN1CCCC1CNc1nc(NCc2ccnc(N)n2)nc(Nc2ccc(OC)c(F)c2)n1. The number of nitrogens with two attached hydrogens (primary N) is 1. The number of anilines is 5. The zero-order valence-electron chi connectivity index (χ0n) is 19.3. The van der Waals surface area contributed by atoms with Gasteiger partial charge in [0.1, 0.15) is 0 Å². The maximum absolute atomic E-state index is 14.1. The molecule has 0 bridgehead atoms. The van der Waals surface area contributed by atoms with E-state index in [2.05, 4.69) is 52.7 Å². The molecule has 1 aliphatic heterocycles. The van der Waals surface area contributed by atoms with Gasteiger partial charge in [0.15, 0.2) is 11.6 Å². The Bertz CT molecular complexity index is 1110. The summed E-state index contributed by atoms with van der Waals surface area (Å²) in [6.45, 7) is 5.34. The van der Waals surface area contributed by atoms with E-state index in [4.69, 9.17) is 10.5 Å². The van der Waals surface area contributed by atoms with Crippen molar-refractivity contribution in [1.29, 1.82) is 0 Å². The van der Waals surface area contributed by atoms with Gasteiger partial charge in [-0.1, -0.05) is 6.92 Å². The van der Waals surface area contributed by atoms with Crippen LogP contribution in [0.3, 0.4) is 0 Å². The number of nitrogens with zero attached hydrogens (tertiary/aromatic N) is 6. The lowest BCUT2D eigenvalue weighted by molar-refractivity contribution is 0.277. The Hall–Kier alpha value is -3.80. The third kappa shape index (κ3) is 5.95. The van der Waals surface area contributed by atoms with E-state index in [-0.39, 0.29) is 17.6 Å². The molecule has 34 heavy (non-hydrogen) atoms. The van der Waals surface area contributed by atoms with Crippen LogP contribution in [0.15, 0.2) is 30.5 Å². The van der Waals surface area contributed by atoms with E-state index in [1.54, 1.807) is 18.3 Å². The zero-order valence-corrected chi connectivity index (χ0v) is 19.3. The molecule has 0 amide bonds. The minimum atomic E-state index is -0.486. The van der Waals surface area contributed by atoms with Crippen LogP contribution in [0.4, 0.5) is 33.9 Å². The molecule has 1 aromatic carbocycles. The van der Waals surface area contributed by atoms with E-state index in [0.29, 0.717) is 35.9 Å². The van der Waals surface area contributed by atoms with Crippen LogP contribution in [0, 0.1) is 5.82 Å². The third-order valence-corrected chi connectivity index (χ3v) is 5.60.